The molecule has 2 aromatic heterocycles. The van der Waals surface area contributed by atoms with Crippen molar-refractivity contribution in [1.29, 1.82) is 0 Å². The maximum atomic E-state index is 14.5. The van der Waals surface area contributed by atoms with Crippen LogP contribution in [0.25, 0.3) is 11.5 Å². The molecular formula is C22H15F8IN3O2-. The van der Waals surface area contributed by atoms with E-state index in [1.165, 1.54) is 12.1 Å². The Morgan fingerprint density at radius 3 is 2.22 bits per heavy atom. The minimum Gasteiger partial charge on any atom is -0.0219 e. The Labute approximate surface area is 208 Å². The molecule has 36 heavy (non-hydrogen) atoms. The van der Waals surface area contributed by atoms with Crippen molar-refractivity contribution in [2.75, 3.05) is 4.43 Å². The molecule has 0 saturated carbocycles. The van der Waals surface area contributed by atoms with E-state index in [-0.39, 0.29) is 15.2 Å². The van der Waals surface area contributed by atoms with Gasteiger partial charge in [0.2, 0.25) is 0 Å². The molecule has 1 fully saturated rings. The monoisotopic (exact) mass is 632 g/mol. The number of H-pyrrole nitrogens is 1. The number of aromatic nitrogens is 3. The van der Waals surface area contributed by atoms with E-state index in [2.05, 4.69) is 9.97 Å². The van der Waals surface area contributed by atoms with Gasteiger partial charge in [0.25, 0.3) is 0 Å². The van der Waals surface area contributed by atoms with E-state index < -0.39 is 73.6 Å². The molecule has 0 bridgehead atoms. The predicted molar refractivity (Wildman–Crippen MR) is 107 cm³/mol. The number of rotatable bonds is 5. The third-order valence-electron chi connectivity index (χ3n) is 5.32. The number of alkyl halides is 10. The van der Waals surface area contributed by atoms with Crippen molar-refractivity contribution >= 4 is 0 Å². The molecule has 0 spiro atoms. The topological polar surface area (TPSA) is 67.9 Å². The number of halogens is 9. The zero-order valence-corrected chi connectivity index (χ0v) is 20.4. The van der Waals surface area contributed by atoms with Crippen molar-refractivity contribution in [2.45, 2.75) is 36.0 Å². The Bertz CT molecular complexity index is 1380. The maximum absolute atomic E-state index is 14.5. The van der Waals surface area contributed by atoms with Crippen LogP contribution in [0.2, 0.25) is 0 Å². The standard InChI is InChI=1S/C22H15F8IN3O2/c1-9-3-6-15(32-10(9)2)18-33-17(20(23,24)22(28,29)30)16(19(35)34-18)36-11-4-5-12(14-8-31-14)13(7-11)21(25,26)27/h3-7,14H,8H2,1-2H3,(H,33,34,35)/q-1. The van der Waals surface area contributed by atoms with E-state index in [0.717, 1.165) is 12.1 Å². The van der Waals surface area contributed by atoms with Gasteiger partial charge in [-0.2, -0.15) is 0 Å². The normalized spacial score (nSPS) is 16.4. The molecule has 1 aliphatic heterocycles. The summed E-state index contributed by atoms with van der Waals surface area (Å²) < 4.78 is 115. The Morgan fingerprint density at radius 1 is 1.00 bits per heavy atom. The van der Waals surface area contributed by atoms with Gasteiger partial charge in [-0.25, -0.2) is 0 Å². The minimum atomic E-state index is -6.18. The first-order valence-electron chi connectivity index (χ1n) is 10.1. The summed E-state index contributed by atoms with van der Waals surface area (Å²) in [6, 6.07) is 5.29. The zero-order chi connectivity index (χ0) is 26.6. The number of hydrogen-bond donors (Lipinski definition) is 1. The summed E-state index contributed by atoms with van der Waals surface area (Å²) in [4.78, 5) is 22.0. The molecule has 5 nitrogen and oxygen atoms in total. The Morgan fingerprint density at radius 2 is 1.67 bits per heavy atom. The van der Waals surface area contributed by atoms with Crippen molar-refractivity contribution in [1.82, 2.24) is 15.0 Å². The van der Waals surface area contributed by atoms with Gasteiger partial charge in [0.15, 0.2) is 0 Å². The van der Waals surface area contributed by atoms with Crippen LogP contribution in [0.5, 0.6) is 11.5 Å². The number of ether oxygens (including phenoxy) is 1. The molecule has 1 unspecified atom stereocenters. The molecule has 1 aliphatic rings. The van der Waals surface area contributed by atoms with Gasteiger partial charge in [0.1, 0.15) is 0 Å². The van der Waals surface area contributed by atoms with Crippen molar-refractivity contribution in [3.05, 3.63) is 68.8 Å². The van der Waals surface area contributed by atoms with Gasteiger partial charge in [0.05, 0.1) is 0 Å². The van der Waals surface area contributed by atoms with Crippen molar-refractivity contribution in [2.24, 2.45) is 0 Å². The number of pyridine rings is 1. The van der Waals surface area contributed by atoms with E-state index in [4.69, 9.17) is 4.74 Å². The molecule has 3 aromatic rings. The third-order valence-corrected chi connectivity index (χ3v) is 7.75. The van der Waals surface area contributed by atoms with Gasteiger partial charge < -0.3 is 0 Å². The van der Waals surface area contributed by atoms with Crippen molar-refractivity contribution in [3.8, 4) is 23.0 Å². The molecule has 0 radical (unpaired) electrons. The average molecular weight is 632 g/mol. The summed E-state index contributed by atoms with van der Waals surface area (Å²) >= 11 is -0.435. The molecule has 0 amide bonds. The smallest absolute Gasteiger partial charge is 0.0219 e. The van der Waals surface area contributed by atoms with E-state index in [9.17, 15) is 39.9 Å². The van der Waals surface area contributed by atoms with E-state index in [0.29, 0.717) is 21.8 Å². The predicted octanol–water partition coefficient (Wildman–Crippen LogP) is 3.06. The minimum absolute atomic E-state index is 0.00769. The second-order valence-corrected chi connectivity index (χ2v) is 11.2. The fourth-order valence-electron chi connectivity index (χ4n) is 3.23. The van der Waals surface area contributed by atoms with Gasteiger partial charge in [-0.05, 0) is 19.4 Å². The Kier molecular flexibility index (Phi) is 6.54. The van der Waals surface area contributed by atoms with Crippen LogP contribution in [-0.4, -0.2) is 25.6 Å². The Balaban J connectivity index is 1.87. The van der Waals surface area contributed by atoms with Crippen LogP contribution >= 0.6 is 0 Å². The van der Waals surface area contributed by atoms with E-state index in [1.54, 1.807) is 13.8 Å². The quantitative estimate of drug-likeness (QED) is 0.267. The number of nitrogens with one attached hydrogen (secondary N) is 1. The molecule has 194 valence electrons. The third kappa shape index (κ3) is 5.04. The molecule has 1 N–H and O–H groups in total. The Hall–Kier alpha value is -2.78. The van der Waals surface area contributed by atoms with Gasteiger partial charge in [-0.1, -0.05) is 6.07 Å². The second-order valence-electron chi connectivity index (χ2n) is 7.89. The van der Waals surface area contributed by atoms with Gasteiger partial charge in [-0.15, -0.1) is 0 Å². The molecule has 1 aromatic carbocycles. The summed E-state index contributed by atoms with van der Waals surface area (Å²) in [7, 11) is 0. The summed E-state index contributed by atoms with van der Waals surface area (Å²) in [6.45, 7) is 3.22. The van der Waals surface area contributed by atoms with Crippen LogP contribution in [0.15, 0.2) is 35.1 Å². The fourth-order valence-corrected chi connectivity index (χ4v) is 4.98. The molecular weight excluding hydrogens is 617 g/mol. The van der Waals surface area contributed by atoms with Crippen LogP contribution in [0.1, 0.15) is 32.0 Å². The first kappa shape index (κ1) is 26.3. The second kappa shape index (κ2) is 8.95. The molecule has 3 heterocycles. The first-order valence-corrected chi connectivity index (χ1v) is 12.9. The first-order chi connectivity index (χ1) is 16.6. The van der Waals surface area contributed by atoms with E-state index in [1.807, 2.05) is 4.98 Å². The fraction of sp³-hybridized carbons (Fsp3) is 0.318. The van der Waals surface area contributed by atoms with Crippen LogP contribution in [0.3, 0.4) is 0 Å². The summed E-state index contributed by atoms with van der Waals surface area (Å²) in [6.07, 6.45) is -11.0. The van der Waals surface area contributed by atoms with Gasteiger partial charge >= 0.3 is 177 Å². The van der Waals surface area contributed by atoms with Crippen molar-refractivity contribution in [3.63, 3.8) is 0 Å². The molecule has 4 rings (SSSR count). The van der Waals surface area contributed by atoms with E-state index >= 15 is 0 Å². The van der Waals surface area contributed by atoms with Crippen LogP contribution in [0, 0.1) is 13.8 Å². The molecule has 0 aliphatic carbocycles. The number of benzene rings is 1. The number of aryl methyl sites for hydroxylation is 2. The van der Waals surface area contributed by atoms with Crippen LogP contribution in [-0.2, 0) is 12.1 Å². The van der Waals surface area contributed by atoms with Crippen molar-refractivity contribution < 1.29 is 61.1 Å². The van der Waals surface area contributed by atoms with Crippen LogP contribution < -0.4 is 31.5 Å². The number of aromatic amines is 1. The molecule has 1 saturated heterocycles. The average Bonchev–Trinajstić information content (AvgIpc) is 3.60. The van der Waals surface area contributed by atoms with Crippen LogP contribution in [0.4, 0.5) is 35.1 Å². The number of hydrogen-bond acceptors (Lipinski definition) is 4. The summed E-state index contributed by atoms with van der Waals surface area (Å²) in [5, 5.41) is 0. The zero-order valence-electron chi connectivity index (χ0n) is 18.3. The van der Waals surface area contributed by atoms with Gasteiger partial charge in [0, 0.05) is 5.69 Å². The SMILES string of the molecule is Cc1ccc(-c2nc(C(F)(F)C(F)(F)F)c(Oc3ccc(C4C[I-]4)c(C(F)(F)F)c3)c(=O)[nH]2)nc1C. The summed E-state index contributed by atoms with van der Waals surface area (Å²) in [5.41, 5.74) is -3.88. The van der Waals surface area contributed by atoms with Gasteiger partial charge in [-0.3, -0.25) is 0 Å². The molecule has 14 heteroatoms. The molecule has 1 atom stereocenters. The number of nitrogens with zero attached hydrogens (tertiary/aromatic N) is 2. The summed E-state index contributed by atoms with van der Waals surface area (Å²) in [5.74, 6) is -8.69.